The molecular weight excluding hydrogens is 340 g/mol. The van der Waals surface area contributed by atoms with Gasteiger partial charge in [-0.05, 0) is 61.6 Å². The molecule has 0 bridgehead atoms. The summed E-state index contributed by atoms with van der Waals surface area (Å²) in [6.07, 6.45) is 5.06. The minimum absolute atomic E-state index is 0.140. The molecule has 4 rings (SSSR count). The molecule has 0 amide bonds. The third-order valence-electron chi connectivity index (χ3n) is 7.12. The molecule has 4 nitrogen and oxygen atoms in total. The molecule has 2 aliphatic carbocycles. The summed E-state index contributed by atoms with van der Waals surface area (Å²) < 4.78 is 11.4. The fraction of sp³-hybridized carbons (Fsp3) is 0.522. The zero-order chi connectivity index (χ0) is 19.2. The molecule has 0 aliphatic heterocycles. The highest BCUT2D eigenvalue weighted by Crippen LogP contribution is 2.55. The van der Waals surface area contributed by atoms with Crippen LogP contribution in [0.1, 0.15) is 40.0 Å². The molecule has 2 aromatic rings. The fourth-order valence-electron chi connectivity index (χ4n) is 5.30. The minimum atomic E-state index is -0.351. The Morgan fingerprint density at radius 3 is 2.89 bits per heavy atom. The SMILES string of the molecule is CC1=CC[C@@H]2[C@@H](C)[C@@H](O)CC[C@]2(C)[C@@H]1COc1ccc2ccc(=O)oc2c1. The molecule has 1 saturated carbocycles. The topological polar surface area (TPSA) is 59.7 Å². The van der Waals surface area contributed by atoms with Crippen molar-refractivity contribution in [2.75, 3.05) is 6.61 Å². The number of hydrogen-bond acceptors (Lipinski definition) is 4. The number of aliphatic hydroxyl groups excluding tert-OH is 1. The van der Waals surface area contributed by atoms with Crippen molar-refractivity contribution in [3.05, 3.63) is 52.4 Å². The van der Waals surface area contributed by atoms with E-state index < -0.39 is 0 Å². The molecule has 0 unspecified atom stereocenters. The van der Waals surface area contributed by atoms with Crippen LogP contribution in [0.5, 0.6) is 5.75 Å². The van der Waals surface area contributed by atoms with Crippen LogP contribution in [-0.2, 0) is 0 Å². The molecule has 0 spiro atoms. The summed E-state index contributed by atoms with van der Waals surface area (Å²) in [6.45, 7) is 7.35. The summed E-state index contributed by atoms with van der Waals surface area (Å²) in [7, 11) is 0. The van der Waals surface area contributed by atoms with Crippen molar-refractivity contribution >= 4 is 11.0 Å². The monoisotopic (exact) mass is 368 g/mol. The van der Waals surface area contributed by atoms with E-state index in [1.54, 1.807) is 12.1 Å². The van der Waals surface area contributed by atoms with Crippen molar-refractivity contribution in [1.29, 1.82) is 0 Å². The van der Waals surface area contributed by atoms with Gasteiger partial charge < -0.3 is 14.3 Å². The predicted molar refractivity (Wildman–Crippen MR) is 106 cm³/mol. The van der Waals surface area contributed by atoms with Crippen molar-refractivity contribution in [2.45, 2.75) is 46.1 Å². The average molecular weight is 368 g/mol. The summed E-state index contributed by atoms with van der Waals surface area (Å²) in [5.74, 6) is 1.84. The minimum Gasteiger partial charge on any atom is -0.493 e. The Morgan fingerprint density at radius 1 is 1.30 bits per heavy atom. The lowest BCUT2D eigenvalue weighted by Gasteiger charge is -2.53. The third kappa shape index (κ3) is 3.20. The Kier molecular flexibility index (Phi) is 4.63. The van der Waals surface area contributed by atoms with E-state index in [2.05, 4.69) is 26.8 Å². The second-order valence-corrected chi connectivity index (χ2v) is 8.58. The van der Waals surface area contributed by atoms with Crippen LogP contribution < -0.4 is 10.4 Å². The van der Waals surface area contributed by atoms with Gasteiger partial charge in [-0.2, -0.15) is 0 Å². The first-order valence-corrected chi connectivity index (χ1v) is 9.90. The van der Waals surface area contributed by atoms with E-state index in [0.717, 1.165) is 30.4 Å². The first-order chi connectivity index (χ1) is 12.9. The summed E-state index contributed by atoms with van der Waals surface area (Å²) in [6, 6.07) is 8.84. The van der Waals surface area contributed by atoms with E-state index in [0.29, 0.717) is 29.9 Å². The van der Waals surface area contributed by atoms with E-state index in [4.69, 9.17) is 9.15 Å². The predicted octanol–water partition coefficient (Wildman–Crippen LogP) is 4.55. The van der Waals surface area contributed by atoms with Crippen LogP contribution in [0.15, 0.2) is 51.2 Å². The van der Waals surface area contributed by atoms with E-state index in [-0.39, 0.29) is 17.1 Å². The maximum atomic E-state index is 11.5. The lowest BCUT2D eigenvalue weighted by Crippen LogP contribution is -2.50. The van der Waals surface area contributed by atoms with E-state index in [9.17, 15) is 9.90 Å². The van der Waals surface area contributed by atoms with Crippen LogP contribution in [0.4, 0.5) is 0 Å². The second-order valence-electron chi connectivity index (χ2n) is 8.58. The molecule has 0 radical (unpaired) electrons. The lowest BCUT2D eigenvalue weighted by atomic mass is 9.52. The Hall–Kier alpha value is -2.07. The highest BCUT2D eigenvalue weighted by atomic mass is 16.5. The summed E-state index contributed by atoms with van der Waals surface area (Å²) in [5, 5.41) is 11.2. The summed E-state index contributed by atoms with van der Waals surface area (Å²) in [5.41, 5.74) is 1.72. The summed E-state index contributed by atoms with van der Waals surface area (Å²) in [4.78, 5) is 11.5. The number of rotatable bonds is 3. The van der Waals surface area contributed by atoms with Gasteiger partial charge in [0, 0.05) is 23.4 Å². The Labute approximate surface area is 159 Å². The van der Waals surface area contributed by atoms with Gasteiger partial charge in [0.1, 0.15) is 11.3 Å². The van der Waals surface area contributed by atoms with E-state index in [1.807, 2.05) is 12.1 Å². The highest BCUT2D eigenvalue weighted by Gasteiger charge is 2.50. The van der Waals surface area contributed by atoms with Crippen LogP contribution in [0, 0.1) is 23.2 Å². The Balaban J connectivity index is 1.57. The van der Waals surface area contributed by atoms with Crippen LogP contribution in [0.2, 0.25) is 0 Å². The molecule has 5 atom stereocenters. The molecule has 4 heteroatoms. The van der Waals surface area contributed by atoms with Crippen molar-refractivity contribution in [2.24, 2.45) is 23.2 Å². The van der Waals surface area contributed by atoms with Crippen LogP contribution in [-0.4, -0.2) is 17.8 Å². The Morgan fingerprint density at radius 2 is 2.07 bits per heavy atom. The van der Waals surface area contributed by atoms with Gasteiger partial charge in [-0.1, -0.05) is 25.5 Å². The Bertz CT molecular complexity index is 927. The van der Waals surface area contributed by atoms with Crippen molar-refractivity contribution in [1.82, 2.24) is 0 Å². The highest BCUT2D eigenvalue weighted by molar-refractivity contribution is 5.77. The molecule has 1 aromatic carbocycles. The van der Waals surface area contributed by atoms with Gasteiger partial charge in [-0.3, -0.25) is 0 Å². The van der Waals surface area contributed by atoms with E-state index in [1.165, 1.54) is 11.6 Å². The van der Waals surface area contributed by atoms with Gasteiger partial charge in [0.25, 0.3) is 0 Å². The van der Waals surface area contributed by atoms with Gasteiger partial charge in [0.05, 0.1) is 12.7 Å². The molecule has 2 aliphatic rings. The zero-order valence-electron chi connectivity index (χ0n) is 16.3. The standard InChI is InChI=1S/C23H28O4/c1-14-4-8-18-15(2)20(24)10-11-23(18,3)19(14)13-26-17-7-5-16-6-9-22(25)27-21(16)12-17/h4-7,9,12,15,18-20,24H,8,10-11,13H2,1-3H3/t15-,18-,19-,20+,23+/m1/s1. The molecule has 0 saturated heterocycles. The number of ether oxygens (including phenoxy) is 1. The van der Waals surface area contributed by atoms with Gasteiger partial charge in [0.15, 0.2) is 0 Å². The number of hydrogen-bond donors (Lipinski definition) is 1. The number of fused-ring (bicyclic) bond motifs is 2. The molecule has 1 fully saturated rings. The zero-order valence-corrected chi connectivity index (χ0v) is 16.3. The third-order valence-corrected chi connectivity index (χ3v) is 7.12. The average Bonchev–Trinajstić information content (AvgIpc) is 2.64. The molecule has 1 heterocycles. The smallest absolute Gasteiger partial charge is 0.336 e. The number of allylic oxidation sites excluding steroid dienone is 1. The van der Waals surface area contributed by atoms with Gasteiger partial charge in [0.2, 0.25) is 0 Å². The van der Waals surface area contributed by atoms with Crippen molar-refractivity contribution in [3.8, 4) is 5.75 Å². The first-order valence-electron chi connectivity index (χ1n) is 9.90. The summed E-state index contributed by atoms with van der Waals surface area (Å²) >= 11 is 0. The normalized spacial score (nSPS) is 33.4. The van der Waals surface area contributed by atoms with Crippen LogP contribution >= 0.6 is 0 Å². The first kappa shape index (κ1) is 18.3. The maximum absolute atomic E-state index is 11.5. The molecular formula is C23H28O4. The number of aliphatic hydroxyl groups is 1. The quantitative estimate of drug-likeness (QED) is 0.638. The molecule has 1 N–H and O–H groups in total. The molecule has 144 valence electrons. The molecule has 27 heavy (non-hydrogen) atoms. The van der Waals surface area contributed by atoms with E-state index >= 15 is 0 Å². The molecule has 1 aromatic heterocycles. The lowest BCUT2D eigenvalue weighted by molar-refractivity contribution is -0.0671. The van der Waals surface area contributed by atoms with Gasteiger partial charge in [-0.25, -0.2) is 4.79 Å². The van der Waals surface area contributed by atoms with Crippen molar-refractivity contribution < 1.29 is 14.3 Å². The van der Waals surface area contributed by atoms with Gasteiger partial charge >= 0.3 is 5.63 Å². The van der Waals surface area contributed by atoms with Crippen LogP contribution in [0.25, 0.3) is 11.0 Å². The largest absolute Gasteiger partial charge is 0.493 e. The van der Waals surface area contributed by atoms with Crippen LogP contribution in [0.3, 0.4) is 0 Å². The maximum Gasteiger partial charge on any atom is 0.336 e. The fourth-order valence-corrected chi connectivity index (χ4v) is 5.30. The van der Waals surface area contributed by atoms with Crippen molar-refractivity contribution in [3.63, 3.8) is 0 Å². The number of benzene rings is 1. The van der Waals surface area contributed by atoms with Gasteiger partial charge in [-0.15, -0.1) is 0 Å². The second kappa shape index (κ2) is 6.83.